The normalized spacial score (nSPS) is 37.4. The third kappa shape index (κ3) is 3.31. The van der Waals surface area contributed by atoms with Crippen LogP contribution < -0.4 is 11.1 Å². The first kappa shape index (κ1) is 16.1. The maximum atomic E-state index is 12.6. The molecule has 2 atom stereocenters. The molecule has 2 unspecified atom stereocenters. The molecule has 0 bridgehead atoms. The van der Waals surface area contributed by atoms with Crippen LogP contribution in [0, 0.1) is 11.8 Å². The van der Waals surface area contributed by atoms with Gasteiger partial charge in [0.05, 0.1) is 12.0 Å². The number of ether oxygens (including phenoxy) is 1. The molecule has 1 saturated heterocycles. The number of rotatable bonds is 4. The Morgan fingerprint density at radius 1 is 1.43 bits per heavy atom. The van der Waals surface area contributed by atoms with Crippen LogP contribution >= 0.6 is 0 Å². The molecule has 1 heterocycles. The van der Waals surface area contributed by atoms with E-state index in [-0.39, 0.29) is 23.8 Å². The average molecular weight is 297 g/mol. The fraction of sp³-hybridized carbons (Fsp3) is 0.867. The predicted octanol–water partition coefficient (Wildman–Crippen LogP) is 1.61. The topological polar surface area (TPSA) is 96.9 Å². The number of nitrogens with two attached hydrogens (primary N) is 1. The summed E-state index contributed by atoms with van der Waals surface area (Å²) < 4.78 is 5.59. The quantitative estimate of drug-likeness (QED) is 0.318. The number of hydrogen-bond donors (Lipinski definition) is 3. The molecule has 120 valence electrons. The monoisotopic (exact) mass is 297 g/mol. The van der Waals surface area contributed by atoms with E-state index in [1.807, 2.05) is 6.92 Å². The molecule has 2 rings (SSSR count). The fourth-order valence-corrected chi connectivity index (χ4v) is 3.48. The minimum Gasteiger partial charge on any atom is -0.409 e. The molecule has 1 amide bonds. The smallest absolute Gasteiger partial charge is 0.226 e. The Bertz CT molecular complexity index is 403. The second-order valence-electron chi connectivity index (χ2n) is 6.45. The van der Waals surface area contributed by atoms with E-state index in [1.165, 1.54) is 0 Å². The van der Waals surface area contributed by atoms with E-state index >= 15 is 0 Å². The maximum absolute atomic E-state index is 12.6. The van der Waals surface area contributed by atoms with Crippen LogP contribution in [0.3, 0.4) is 0 Å². The zero-order valence-electron chi connectivity index (χ0n) is 13.0. The number of carbonyl (C=O) groups is 1. The van der Waals surface area contributed by atoms with E-state index in [4.69, 9.17) is 15.7 Å². The lowest BCUT2D eigenvalue weighted by Gasteiger charge is -2.39. The molecule has 2 fully saturated rings. The van der Waals surface area contributed by atoms with Crippen molar-refractivity contribution in [1.82, 2.24) is 5.32 Å². The summed E-state index contributed by atoms with van der Waals surface area (Å²) in [6, 6.07) is 0. The molecule has 0 aromatic heterocycles. The van der Waals surface area contributed by atoms with Crippen LogP contribution in [-0.2, 0) is 9.53 Å². The van der Waals surface area contributed by atoms with Crippen LogP contribution in [0.1, 0.15) is 52.4 Å². The summed E-state index contributed by atoms with van der Waals surface area (Å²) in [5.41, 5.74) is 5.20. The first-order valence-electron chi connectivity index (χ1n) is 7.94. The highest BCUT2D eigenvalue weighted by Gasteiger charge is 2.43. The largest absolute Gasteiger partial charge is 0.409 e. The molecular weight excluding hydrogens is 270 g/mol. The second kappa shape index (κ2) is 6.64. The minimum atomic E-state index is -0.695. The maximum Gasteiger partial charge on any atom is 0.226 e. The van der Waals surface area contributed by atoms with Gasteiger partial charge in [0.25, 0.3) is 0 Å². The first-order chi connectivity index (χ1) is 10.0. The fourth-order valence-electron chi connectivity index (χ4n) is 3.48. The summed E-state index contributed by atoms with van der Waals surface area (Å²) in [6.07, 6.45) is 4.93. The van der Waals surface area contributed by atoms with Gasteiger partial charge in [0.1, 0.15) is 5.54 Å². The third-order valence-corrected chi connectivity index (χ3v) is 5.04. The van der Waals surface area contributed by atoms with Gasteiger partial charge in [-0.25, -0.2) is 0 Å². The summed E-state index contributed by atoms with van der Waals surface area (Å²) in [5.74, 6) is 0.577. The molecule has 0 radical (unpaired) electrons. The molecule has 1 saturated carbocycles. The molecule has 2 aliphatic rings. The molecule has 1 aliphatic carbocycles. The SMILES string of the molecule is CCC1OCCC1C(=O)NC1(C(N)=NO)CCC(C)CC1. The minimum absolute atomic E-state index is 0.0168. The number of amides is 1. The summed E-state index contributed by atoms with van der Waals surface area (Å²) in [7, 11) is 0. The Kier molecular flexibility index (Phi) is 5.08. The molecule has 6 heteroatoms. The molecule has 6 nitrogen and oxygen atoms in total. The van der Waals surface area contributed by atoms with Gasteiger partial charge in [0.2, 0.25) is 5.91 Å². The Labute approximate surface area is 126 Å². The van der Waals surface area contributed by atoms with Crippen LogP contribution in [0.15, 0.2) is 5.16 Å². The molecule has 4 N–H and O–H groups in total. The van der Waals surface area contributed by atoms with Crippen LogP contribution in [0.5, 0.6) is 0 Å². The number of amidine groups is 1. The van der Waals surface area contributed by atoms with Crippen molar-refractivity contribution in [2.75, 3.05) is 6.61 Å². The highest BCUT2D eigenvalue weighted by atomic mass is 16.5. The molecule has 0 spiro atoms. The first-order valence-corrected chi connectivity index (χ1v) is 7.94. The van der Waals surface area contributed by atoms with E-state index in [0.717, 1.165) is 38.5 Å². The molecule has 0 aromatic rings. The van der Waals surface area contributed by atoms with E-state index in [9.17, 15) is 4.79 Å². The number of nitrogens with zero attached hydrogens (tertiary/aromatic N) is 1. The van der Waals surface area contributed by atoms with Crippen LogP contribution in [0.2, 0.25) is 0 Å². The molecule has 1 aliphatic heterocycles. The Balaban J connectivity index is 2.10. The van der Waals surface area contributed by atoms with Crippen molar-refractivity contribution < 1.29 is 14.7 Å². The van der Waals surface area contributed by atoms with Crippen molar-refractivity contribution in [2.24, 2.45) is 22.7 Å². The van der Waals surface area contributed by atoms with Gasteiger partial charge in [-0.05, 0) is 44.4 Å². The highest BCUT2D eigenvalue weighted by molar-refractivity contribution is 5.94. The zero-order valence-corrected chi connectivity index (χ0v) is 13.0. The predicted molar refractivity (Wildman–Crippen MR) is 80.1 cm³/mol. The number of hydrogen-bond acceptors (Lipinski definition) is 4. The summed E-state index contributed by atoms with van der Waals surface area (Å²) >= 11 is 0. The van der Waals surface area contributed by atoms with Crippen LogP contribution in [-0.4, -0.2) is 35.2 Å². The van der Waals surface area contributed by atoms with Crippen LogP contribution in [0.25, 0.3) is 0 Å². The van der Waals surface area contributed by atoms with Gasteiger partial charge in [0, 0.05) is 6.61 Å². The summed E-state index contributed by atoms with van der Waals surface area (Å²) in [4.78, 5) is 12.6. The number of carbonyl (C=O) groups excluding carboxylic acids is 1. The van der Waals surface area contributed by atoms with E-state index in [0.29, 0.717) is 12.5 Å². The Morgan fingerprint density at radius 2 is 2.10 bits per heavy atom. The molecule has 0 aromatic carbocycles. The second-order valence-corrected chi connectivity index (χ2v) is 6.45. The Morgan fingerprint density at radius 3 is 2.67 bits per heavy atom. The van der Waals surface area contributed by atoms with Gasteiger partial charge in [-0.15, -0.1) is 0 Å². The van der Waals surface area contributed by atoms with Crippen molar-refractivity contribution in [3.05, 3.63) is 0 Å². The van der Waals surface area contributed by atoms with E-state index in [2.05, 4.69) is 17.4 Å². The standard InChI is InChI=1S/C15H27N3O3/c1-3-12-11(6-9-21-12)13(19)17-15(14(16)18-20)7-4-10(2)5-8-15/h10-12,20H,3-9H2,1-2H3,(H2,16,18)(H,17,19). The van der Waals surface area contributed by atoms with E-state index < -0.39 is 5.54 Å². The van der Waals surface area contributed by atoms with Gasteiger partial charge in [-0.2, -0.15) is 0 Å². The van der Waals surface area contributed by atoms with E-state index in [1.54, 1.807) is 0 Å². The van der Waals surface area contributed by atoms with Crippen molar-refractivity contribution in [3.63, 3.8) is 0 Å². The summed E-state index contributed by atoms with van der Waals surface area (Å²) in [5, 5.41) is 15.3. The lowest BCUT2D eigenvalue weighted by Crippen LogP contribution is -2.60. The highest BCUT2D eigenvalue weighted by Crippen LogP contribution is 2.33. The number of nitrogens with one attached hydrogen (secondary N) is 1. The van der Waals surface area contributed by atoms with Gasteiger partial charge < -0.3 is 21.0 Å². The average Bonchev–Trinajstić information content (AvgIpc) is 2.97. The van der Waals surface area contributed by atoms with Crippen molar-refractivity contribution in [1.29, 1.82) is 0 Å². The lowest BCUT2D eigenvalue weighted by atomic mass is 9.76. The van der Waals surface area contributed by atoms with Gasteiger partial charge in [0.15, 0.2) is 5.84 Å². The van der Waals surface area contributed by atoms with Gasteiger partial charge in [-0.3, -0.25) is 4.79 Å². The van der Waals surface area contributed by atoms with Crippen molar-refractivity contribution in [2.45, 2.75) is 64.0 Å². The lowest BCUT2D eigenvalue weighted by molar-refractivity contribution is -0.128. The Hall–Kier alpha value is -1.30. The van der Waals surface area contributed by atoms with Crippen molar-refractivity contribution >= 4 is 11.7 Å². The third-order valence-electron chi connectivity index (χ3n) is 5.04. The molecule has 21 heavy (non-hydrogen) atoms. The van der Waals surface area contributed by atoms with Crippen LogP contribution in [0.4, 0.5) is 0 Å². The van der Waals surface area contributed by atoms with Gasteiger partial charge in [-0.1, -0.05) is 19.0 Å². The van der Waals surface area contributed by atoms with Crippen molar-refractivity contribution in [3.8, 4) is 0 Å². The molecular formula is C15H27N3O3. The zero-order chi connectivity index (χ0) is 15.5. The van der Waals surface area contributed by atoms with Gasteiger partial charge >= 0.3 is 0 Å². The summed E-state index contributed by atoms with van der Waals surface area (Å²) in [6.45, 7) is 4.85. The number of oxime groups is 1.